The molecular weight excluding hydrogens is 445 g/mol. The molecule has 0 saturated heterocycles. The van der Waals surface area contributed by atoms with Gasteiger partial charge in [0.2, 0.25) is 0 Å². The molecule has 0 aliphatic heterocycles. The number of benzene rings is 5. The Bertz CT molecular complexity index is 1540. The summed E-state index contributed by atoms with van der Waals surface area (Å²) in [6.45, 7) is 0. The zero-order valence-corrected chi connectivity index (χ0v) is 16.5. The van der Waals surface area contributed by atoms with Gasteiger partial charge in [-0.2, -0.15) is 0 Å². The number of halogens is 7. The number of rotatable bonds is 2. The summed E-state index contributed by atoms with van der Waals surface area (Å²) in [6.07, 6.45) is 0. The predicted molar refractivity (Wildman–Crippen MR) is 112 cm³/mol. The molecule has 0 amide bonds. The average Bonchev–Trinajstić information content (AvgIpc) is 2.78. The van der Waals surface area contributed by atoms with E-state index >= 15 is 0 Å². The summed E-state index contributed by atoms with van der Waals surface area (Å²) >= 11 is 0. The normalized spacial score (nSPS) is 11.5. The van der Waals surface area contributed by atoms with E-state index in [2.05, 4.69) is 0 Å². The first-order valence-electron chi connectivity index (χ1n) is 9.70. The van der Waals surface area contributed by atoms with E-state index in [0.717, 1.165) is 36.4 Å². The molecular formula is C26H11F7. The van der Waals surface area contributed by atoms with E-state index in [0.29, 0.717) is 16.2 Å². The zero-order chi connectivity index (χ0) is 23.4. The maximum Gasteiger partial charge on any atom is 0.194 e. The van der Waals surface area contributed by atoms with E-state index in [9.17, 15) is 30.7 Å². The summed E-state index contributed by atoms with van der Waals surface area (Å²) in [6, 6.07) is 13.2. The molecule has 0 heterocycles. The van der Waals surface area contributed by atoms with Crippen molar-refractivity contribution in [3.8, 4) is 22.3 Å². The van der Waals surface area contributed by atoms with E-state index < -0.39 is 40.7 Å². The molecule has 0 aliphatic carbocycles. The zero-order valence-electron chi connectivity index (χ0n) is 16.5. The summed E-state index contributed by atoms with van der Waals surface area (Å²) in [5, 5.41) is 1.23. The second-order valence-corrected chi connectivity index (χ2v) is 7.49. The minimum atomic E-state index is -1.65. The van der Waals surface area contributed by atoms with Crippen LogP contribution in [0.4, 0.5) is 30.7 Å². The van der Waals surface area contributed by atoms with Gasteiger partial charge in [-0.05, 0) is 80.2 Å². The SMILES string of the molecule is Fc1ccc2c(-c3cc(F)c(F)c(F)c3)c3ccccc3c(-c3cc(F)c(F)c(F)c3)c2c1. The highest BCUT2D eigenvalue weighted by Crippen LogP contribution is 2.44. The molecule has 164 valence electrons. The highest BCUT2D eigenvalue weighted by Gasteiger charge is 2.21. The van der Waals surface area contributed by atoms with Crippen molar-refractivity contribution in [1.29, 1.82) is 0 Å². The molecule has 5 aromatic carbocycles. The van der Waals surface area contributed by atoms with Crippen LogP contribution in [0.25, 0.3) is 43.8 Å². The Hall–Kier alpha value is -3.87. The number of hydrogen-bond acceptors (Lipinski definition) is 0. The minimum Gasteiger partial charge on any atom is -0.207 e. The van der Waals surface area contributed by atoms with Gasteiger partial charge in [0.05, 0.1) is 0 Å². The lowest BCUT2D eigenvalue weighted by atomic mass is 9.86. The van der Waals surface area contributed by atoms with Crippen molar-refractivity contribution >= 4 is 21.5 Å². The molecule has 0 aliphatic rings. The van der Waals surface area contributed by atoms with Gasteiger partial charge in [0.25, 0.3) is 0 Å². The minimum absolute atomic E-state index is 0.0118. The molecule has 0 fully saturated rings. The van der Waals surface area contributed by atoms with Gasteiger partial charge in [-0.15, -0.1) is 0 Å². The fraction of sp³-hybridized carbons (Fsp3) is 0. The van der Waals surface area contributed by atoms with Gasteiger partial charge in [0.15, 0.2) is 34.9 Å². The van der Waals surface area contributed by atoms with E-state index in [1.807, 2.05) is 0 Å². The lowest BCUT2D eigenvalue weighted by molar-refractivity contribution is 0.447. The van der Waals surface area contributed by atoms with Crippen molar-refractivity contribution in [2.75, 3.05) is 0 Å². The highest BCUT2D eigenvalue weighted by atomic mass is 19.2. The van der Waals surface area contributed by atoms with Crippen LogP contribution in [0.3, 0.4) is 0 Å². The topological polar surface area (TPSA) is 0 Å². The molecule has 0 radical (unpaired) electrons. The standard InChI is InChI=1S/C26H11F7/c27-14-5-6-17-18(11-14)24(13-9-21(30)26(33)22(31)10-13)16-4-2-1-3-15(16)23(17)12-7-19(28)25(32)20(29)8-12/h1-11H. The van der Waals surface area contributed by atoms with Gasteiger partial charge in [-0.1, -0.05) is 30.3 Å². The third-order valence-electron chi connectivity index (χ3n) is 5.53. The lowest BCUT2D eigenvalue weighted by Crippen LogP contribution is -1.97. The van der Waals surface area contributed by atoms with E-state index in [1.165, 1.54) is 6.07 Å². The average molecular weight is 456 g/mol. The van der Waals surface area contributed by atoms with Crippen LogP contribution in [-0.2, 0) is 0 Å². The Balaban J connectivity index is 2.00. The molecule has 5 aromatic rings. The Morgan fingerprint density at radius 1 is 0.394 bits per heavy atom. The Morgan fingerprint density at radius 2 is 0.788 bits per heavy atom. The number of fused-ring (bicyclic) bond motifs is 2. The second-order valence-electron chi connectivity index (χ2n) is 7.49. The van der Waals surface area contributed by atoms with Gasteiger partial charge >= 0.3 is 0 Å². The van der Waals surface area contributed by atoms with Crippen molar-refractivity contribution in [3.63, 3.8) is 0 Å². The molecule has 0 N–H and O–H groups in total. The van der Waals surface area contributed by atoms with Crippen LogP contribution in [0.5, 0.6) is 0 Å². The second kappa shape index (κ2) is 7.62. The van der Waals surface area contributed by atoms with E-state index in [-0.39, 0.29) is 27.6 Å². The molecule has 0 nitrogen and oxygen atoms in total. The monoisotopic (exact) mass is 456 g/mol. The molecule has 0 unspecified atom stereocenters. The van der Waals surface area contributed by atoms with Crippen molar-refractivity contribution in [3.05, 3.63) is 107 Å². The number of hydrogen-bond donors (Lipinski definition) is 0. The van der Waals surface area contributed by atoms with Crippen molar-refractivity contribution in [1.82, 2.24) is 0 Å². The molecule has 7 heteroatoms. The van der Waals surface area contributed by atoms with Crippen molar-refractivity contribution in [2.45, 2.75) is 0 Å². The molecule has 0 atom stereocenters. The molecule has 5 rings (SSSR count). The predicted octanol–water partition coefficient (Wildman–Crippen LogP) is 8.30. The summed E-state index contributed by atoms with van der Waals surface area (Å²) in [4.78, 5) is 0. The first-order valence-corrected chi connectivity index (χ1v) is 9.70. The third-order valence-corrected chi connectivity index (χ3v) is 5.53. The third kappa shape index (κ3) is 3.31. The quantitative estimate of drug-likeness (QED) is 0.142. The molecule has 0 spiro atoms. The molecule has 0 bridgehead atoms. The fourth-order valence-corrected chi connectivity index (χ4v) is 4.17. The Morgan fingerprint density at radius 3 is 1.24 bits per heavy atom. The largest absolute Gasteiger partial charge is 0.207 e. The van der Waals surface area contributed by atoms with Gasteiger partial charge in [-0.25, -0.2) is 30.7 Å². The van der Waals surface area contributed by atoms with Crippen LogP contribution in [0.2, 0.25) is 0 Å². The van der Waals surface area contributed by atoms with Crippen LogP contribution in [0, 0.1) is 40.7 Å². The van der Waals surface area contributed by atoms with Crippen molar-refractivity contribution < 1.29 is 30.7 Å². The Kier molecular flexibility index (Phi) is 4.85. The maximum absolute atomic E-state index is 14.3. The van der Waals surface area contributed by atoms with Gasteiger partial charge in [-0.3, -0.25) is 0 Å². The van der Waals surface area contributed by atoms with Crippen LogP contribution in [0.1, 0.15) is 0 Å². The van der Waals surface area contributed by atoms with E-state index in [4.69, 9.17) is 0 Å². The molecule has 0 aromatic heterocycles. The summed E-state index contributed by atoms with van der Waals surface area (Å²) in [5.41, 5.74) is 0.401. The van der Waals surface area contributed by atoms with Crippen LogP contribution < -0.4 is 0 Å². The molecule has 0 saturated carbocycles. The van der Waals surface area contributed by atoms with Crippen LogP contribution in [0.15, 0.2) is 66.7 Å². The fourth-order valence-electron chi connectivity index (χ4n) is 4.17. The smallest absolute Gasteiger partial charge is 0.194 e. The van der Waals surface area contributed by atoms with E-state index in [1.54, 1.807) is 24.3 Å². The summed E-state index contributed by atoms with van der Waals surface area (Å²) in [7, 11) is 0. The lowest BCUT2D eigenvalue weighted by Gasteiger charge is -2.18. The van der Waals surface area contributed by atoms with Gasteiger partial charge in [0, 0.05) is 0 Å². The Labute approximate surface area is 182 Å². The summed E-state index contributed by atoms with van der Waals surface area (Å²) < 4.78 is 97.8. The van der Waals surface area contributed by atoms with Crippen LogP contribution in [-0.4, -0.2) is 0 Å². The summed E-state index contributed by atoms with van der Waals surface area (Å²) in [5.74, 6) is -9.62. The molecule has 33 heavy (non-hydrogen) atoms. The highest BCUT2D eigenvalue weighted by molar-refractivity contribution is 6.21. The van der Waals surface area contributed by atoms with Crippen molar-refractivity contribution in [2.24, 2.45) is 0 Å². The first kappa shape index (κ1) is 21.0. The van der Waals surface area contributed by atoms with Gasteiger partial charge < -0.3 is 0 Å². The maximum atomic E-state index is 14.3. The first-order chi connectivity index (χ1) is 15.8. The van der Waals surface area contributed by atoms with Gasteiger partial charge in [0.1, 0.15) is 5.82 Å². The van der Waals surface area contributed by atoms with Crippen LogP contribution >= 0.6 is 0 Å².